The molecule has 2 aromatic carbocycles. The molecule has 2 aromatic rings. The van der Waals surface area contributed by atoms with Gasteiger partial charge in [-0.1, -0.05) is 22.0 Å². The van der Waals surface area contributed by atoms with Gasteiger partial charge in [-0.15, -0.1) is 0 Å². The minimum atomic E-state index is -0.390. The SMILES string of the molecule is COc1ccc(/C=N/NC(=O)COc2cccc(Br)c2)cc1O. The summed E-state index contributed by atoms with van der Waals surface area (Å²) in [5.74, 6) is 0.562. The van der Waals surface area contributed by atoms with Gasteiger partial charge in [-0.25, -0.2) is 5.43 Å². The van der Waals surface area contributed by atoms with Crippen molar-refractivity contribution in [3.63, 3.8) is 0 Å². The normalized spacial score (nSPS) is 10.5. The van der Waals surface area contributed by atoms with Crippen LogP contribution in [0.25, 0.3) is 0 Å². The summed E-state index contributed by atoms with van der Waals surface area (Å²) in [6.07, 6.45) is 1.41. The summed E-state index contributed by atoms with van der Waals surface area (Å²) in [6.45, 7) is -0.151. The van der Waals surface area contributed by atoms with Crippen molar-refractivity contribution >= 4 is 28.1 Å². The van der Waals surface area contributed by atoms with Crippen molar-refractivity contribution in [3.05, 3.63) is 52.5 Å². The first kappa shape index (κ1) is 16.8. The Balaban J connectivity index is 1.83. The van der Waals surface area contributed by atoms with E-state index in [1.165, 1.54) is 19.4 Å². The number of phenolic OH excluding ortho intramolecular Hbond substituents is 1. The number of rotatable bonds is 6. The van der Waals surface area contributed by atoms with Crippen LogP contribution in [0.3, 0.4) is 0 Å². The topological polar surface area (TPSA) is 80.2 Å². The van der Waals surface area contributed by atoms with E-state index in [9.17, 15) is 9.90 Å². The lowest BCUT2D eigenvalue weighted by Crippen LogP contribution is -2.24. The van der Waals surface area contributed by atoms with Crippen LogP contribution < -0.4 is 14.9 Å². The molecule has 6 nitrogen and oxygen atoms in total. The average Bonchev–Trinajstić information content (AvgIpc) is 2.53. The highest BCUT2D eigenvalue weighted by Gasteiger charge is 2.03. The number of hydrogen-bond donors (Lipinski definition) is 2. The minimum absolute atomic E-state index is 0.000708. The van der Waals surface area contributed by atoms with Gasteiger partial charge in [0.15, 0.2) is 18.1 Å². The van der Waals surface area contributed by atoms with Crippen molar-refractivity contribution in [1.29, 1.82) is 0 Å². The number of hydrazone groups is 1. The molecule has 0 spiro atoms. The van der Waals surface area contributed by atoms with Crippen molar-refractivity contribution in [2.75, 3.05) is 13.7 Å². The fraction of sp³-hybridized carbons (Fsp3) is 0.125. The molecule has 0 aliphatic rings. The Morgan fingerprint density at radius 3 is 2.87 bits per heavy atom. The van der Waals surface area contributed by atoms with Crippen molar-refractivity contribution < 1.29 is 19.4 Å². The Bertz CT molecular complexity index is 719. The van der Waals surface area contributed by atoms with Crippen molar-refractivity contribution in [2.24, 2.45) is 5.10 Å². The second kappa shape index (κ2) is 8.19. The van der Waals surface area contributed by atoms with Gasteiger partial charge in [0.1, 0.15) is 5.75 Å². The van der Waals surface area contributed by atoms with Gasteiger partial charge in [-0.3, -0.25) is 4.79 Å². The Kier molecular flexibility index (Phi) is 5.99. The van der Waals surface area contributed by atoms with Crippen LogP contribution >= 0.6 is 15.9 Å². The molecular formula is C16H15BrN2O4. The number of halogens is 1. The van der Waals surface area contributed by atoms with Crippen molar-refractivity contribution in [2.45, 2.75) is 0 Å². The van der Waals surface area contributed by atoms with E-state index in [2.05, 4.69) is 26.5 Å². The minimum Gasteiger partial charge on any atom is -0.504 e. The lowest BCUT2D eigenvalue weighted by Gasteiger charge is -2.05. The number of ether oxygens (including phenoxy) is 2. The second-order valence-corrected chi connectivity index (χ2v) is 5.39. The maximum absolute atomic E-state index is 11.6. The highest BCUT2D eigenvalue weighted by atomic mass is 79.9. The van der Waals surface area contributed by atoms with Gasteiger partial charge in [0.25, 0.3) is 5.91 Å². The number of hydrogen-bond acceptors (Lipinski definition) is 5. The molecule has 0 unspecified atom stereocenters. The molecule has 2 N–H and O–H groups in total. The molecule has 0 atom stereocenters. The Labute approximate surface area is 141 Å². The molecule has 0 heterocycles. The van der Waals surface area contributed by atoms with Gasteiger partial charge in [0.05, 0.1) is 13.3 Å². The zero-order valence-electron chi connectivity index (χ0n) is 12.3. The highest BCUT2D eigenvalue weighted by Crippen LogP contribution is 2.25. The number of aromatic hydroxyl groups is 1. The number of benzene rings is 2. The largest absolute Gasteiger partial charge is 0.504 e. The molecule has 23 heavy (non-hydrogen) atoms. The third kappa shape index (κ3) is 5.30. The fourth-order valence-electron chi connectivity index (χ4n) is 1.70. The molecule has 0 aliphatic carbocycles. The zero-order chi connectivity index (χ0) is 16.7. The highest BCUT2D eigenvalue weighted by molar-refractivity contribution is 9.10. The summed E-state index contributed by atoms with van der Waals surface area (Å²) in [5, 5.41) is 13.4. The summed E-state index contributed by atoms with van der Waals surface area (Å²) < 4.78 is 11.1. The Morgan fingerprint density at radius 2 is 2.17 bits per heavy atom. The predicted molar refractivity (Wildman–Crippen MR) is 90.0 cm³/mol. The van der Waals surface area contributed by atoms with E-state index in [0.717, 1.165) is 4.47 Å². The van der Waals surface area contributed by atoms with Crippen molar-refractivity contribution in [3.8, 4) is 17.2 Å². The summed E-state index contributed by atoms with van der Waals surface area (Å²) >= 11 is 3.32. The molecule has 0 radical (unpaired) electrons. The molecule has 0 saturated carbocycles. The fourth-order valence-corrected chi connectivity index (χ4v) is 2.08. The summed E-state index contributed by atoms with van der Waals surface area (Å²) in [4.78, 5) is 11.6. The average molecular weight is 379 g/mol. The van der Waals surface area contributed by atoms with E-state index < -0.39 is 0 Å². The second-order valence-electron chi connectivity index (χ2n) is 4.47. The Morgan fingerprint density at radius 1 is 1.35 bits per heavy atom. The van der Waals surface area contributed by atoms with E-state index in [4.69, 9.17) is 9.47 Å². The number of phenols is 1. The lowest BCUT2D eigenvalue weighted by molar-refractivity contribution is -0.123. The molecule has 0 aliphatic heterocycles. The van der Waals surface area contributed by atoms with Crippen LogP contribution in [0, 0.1) is 0 Å². The predicted octanol–water partition coefficient (Wildman–Crippen LogP) is 2.69. The van der Waals surface area contributed by atoms with Gasteiger partial charge >= 0.3 is 0 Å². The number of amides is 1. The van der Waals surface area contributed by atoms with E-state index in [1.807, 2.05) is 12.1 Å². The molecule has 0 fully saturated rings. The van der Waals surface area contributed by atoms with Gasteiger partial charge in [-0.05, 0) is 42.0 Å². The maximum Gasteiger partial charge on any atom is 0.277 e. The molecule has 120 valence electrons. The Hall–Kier alpha value is -2.54. The van der Waals surface area contributed by atoms with Gasteiger partial charge in [0, 0.05) is 4.47 Å². The first-order valence-corrected chi connectivity index (χ1v) is 7.45. The summed E-state index contributed by atoms with van der Waals surface area (Å²) in [5.41, 5.74) is 2.97. The lowest BCUT2D eigenvalue weighted by atomic mass is 10.2. The standard InChI is InChI=1S/C16H15BrN2O4/c1-22-15-6-5-11(7-14(15)20)9-18-19-16(21)10-23-13-4-2-3-12(17)8-13/h2-9,20H,10H2,1H3,(H,19,21)/b18-9+. The van der Waals surface area contributed by atoms with Crippen molar-refractivity contribution in [1.82, 2.24) is 5.43 Å². The van der Waals surface area contributed by atoms with E-state index in [-0.39, 0.29) is 18.3 Å². The van der Waals surface area contributed by atoms with E-state index in [1.54, 1.807) is 24.3 Å². The summed E-state index contributed by atoms with van der Waals surface area (Å²) in [6, 6.07) is 12.0. The third-order valence-corrected chi connectivity index (χ3v) is 3.27. The van der Waals surface area contributed by atoms with Crippen LogP contribution in [-0.4, -0.2) is 30.9 Å². The molecule has 2 rings (SSSR count). The monoisotopic (exact) mass is 378 g/mol. The van der Waals surface area contributed by atoms with E-state index in [0.29, 0.717) is 17.1 Å². The maximum atomic E-state index is 11.6. The number of carbonyl (C=O) groups is 1. The van der Waals surface area contributed by atoms with Crippen LogP contribution in [-0.2, 0) is 4.79 Å². The first-order chi connectivity index (χ1) is 11.1. The van der Waals surface area contributed by atoms with Crippen LogP contribution in [0.5, 0.6) is 17.2 Å². The molecule has 0 bridgehead atoms. The number of nitrogens with one attached hydrogen (secondary N) is 1. The molecular weight excluding hydrogens is 364 g/mol. The zero-order valence-corrected chi connectivity index (χ0v) is 13.9. The number of nitrogens with zero attached hydrogens (tertiary/aromatic N) is 1. The molecule has 0 saturated heterocycles. The molecule has 1 amide bonds. The van der Waals surface area contributed by atoms with Gasteiger partial charge in [0.2, 0.25) is 0 Å². The first-order valence-electron chi connectivity index (χ1n) is 6.66. The number of methoxy groups -OCH3 is 1. The summed E-state index contributed by atoms with van der Waals surface area (Å²) in [7, 11) is 1.47. The van der Waals surface area contributed by atoms with Crippen LogP contribution in [0.1, 0.15) is 5.56 Å². The molecule has 7 heteroatoms. The van der Waals surface area contributed by atoms with Gasteiger partial charge < -0.3 is 14.6 Å². The van der Waals surface area contributed by atoms with Gasteiger partial charge in [-0.2, -0.15) is 5.10 Å². The quantitative estimate of drug-likeness (QED) is 0.598. The van der Waals surface area contributed by atoms with Crippen LogP contribution in [0.15, 0.2) is 52.0 Å². The van der Waals surface area contributed by atoms with Crippen LogP contribution in [0.4, 0.5) is 0 Å². The van der Waals surface area contributed by atoms with E-state index >= 15 is 0 Å². The smallest absolute Gasteiger partial charge is 0.277 e. The van der Waals surface area contributed by atoms with Crippen LogP contribution in [0.2, 0.25) is 0 Å². The number of carbonyl (C=O) groups excluding carboxylic acids is 1. The molecule has 0 aromatic heterocycles. The third-order valence-electron chi connectivity index (χ3n) is 2.77.